The van der Waals surface area contributed by atoms with E-state index in [2.05, 4.69) is 22.9 Å². The first-order chi connectivity index (χ1) is 9.58. The summed E-state index contributed by atoms with van der Waals surface area (Å²) in [4.78, 5) is 6.88. The zero-order valence-corrected chi connectivity index (χ0v) is 12.4. The molecule has 4 heteroatoms. The van der Waals surface area contributed by atoms with Crippen LogP contribution in [-0.4, -0.2) is 41.5 Å². The maximum Gasteiger partial charge on any atom is 0.128 e. The van der Waals surface area contributed by atoms with Gasteiger partial charge in [-0.15, -0.1) is 0 Å². The third kappa shape index (κ3) is 2.54. The number of hydrogen-bond donors (Lipinski definition) is 1. The number of aryl methyl sites for hydroxylation is 1. The molecule has 0 unspecified atom stereocenters. The average Bonchev–Trinajstić information content (AvgIpc) is 2.87. The van der Waals surface area contributed by atoms with E-state index >= 15 is 0 Å². The van der Waals surface area contributed by atoms with Crippen LogP contribution in [0, 0.1) is 12.8 Å². The Morgan fingerprint density at radius 3 is 3.10 bits per heavy atom. The van der Waals surface area contributed by atoms with E-state index in [1.54, 1.807) is 0 Å². The molecule has 3 atom stereocenters. The van der Waals surface area contributed by atoms with Crippen molar-refractivity contribution >= 4 is 5.82 Å². The van der Waals surface area contributed by atoms with Crippen LogP contribution in [-0.2, 0) is 4.74 Å². The first kappa shape index (κ1) is 13.8. The van der Waals surface area contributed by atoms with Gasteiger partial charge in [-0.1, -0.05) is 0 Å². The standard InChI is InChI=1S/C16H24N2O2/c1-12-5-7-17-15(10-12)18-8-3-4-14(18)13-11-20-9-6-16(13,2)19/h5,7,10,13-14,19H,3-4,6,8-9,11H2,1-2H3/t13-,14+,16-/m0/s1. The monoisotopic (exact) mass is 276 g/mol. The molecule has 2 aliphatic rings. The zero-order chi connectivity index (χ0) is 14.2. The van der Waals surface area contributed by atoms with E-state index in [-0.39, 0.29) is 5.92 Å². The van der Waals surface area contributed by atoms with Gasteiger partial charge in [0.05, 0.1) is 12.2 Å². The summed E-state index contributed by atoms with van der Waals surface area (Å²) in [5.74, 6) is 1.20. The second-order valence-corrected chi connectivity index (χ2v) is 6.38. The number of pyridine rings is 1. The Morgan fingerprint density at radius 1 is 1.50 bits per heavy atom. The van der Waals surface area contributed by atoms with Gasteiger partial charge in [0.25, 0.3) is 0 Å². The molecule has 2 aliphatic heterocycles. The van der Waals surface area contributed by atoms with Crippen molar-refractivity contribution in [1.29, 1.82) is 0 Å². The normalized spacial score (nSPS) is 34.5. The summed E-state index contributed by atoms with van der Waals surface area (Å²) in [6.07, 6.45) is 4.87. The minimum Gasteiger partial charge on any atom is -0.390 e. The fourth-order valence-electron chi connectivity index (χ4n) is 3.55. The maximum atomic E-state index is 10.7. The first-order valence-electron chi connectivity index (χ1n) is 7.57. The summed E-state index contributed by atoms with van der Waals surface area (Å²) < 4.78 is 5.63. The Morgan fingerprint density at radius 2 is 2.35 bits per heavy atom. The Hall–Kier alpha value is -1.13. The van der Waals surface area contributed by atoms with Crippen molar-refractivity contribution < 1.29 is 9.84 Å². The number of nitrogens with zero attached hydrogens (tertiary/aromatic N) is 2. The Kier molecular flexibility index (Phi) is 3.69. The molecule has 0 bridgehead atoms. The highest BCUT2D eigenvalue weighted by Crippen LogP contribution is 2.37. The molecule has 2 saturated heterocycles. The predicted octanol–water partition coefficient (Wildman–Crippen LogP) is 2.15. The molecule has 3 rings (SSSR count). The fraction of sp³-hybridized carbons (Fsp3) is 0.688. The summed E-state index contributed by atoms with van der Waals surface area (Å²) in [6, 6.07) is 4.49. The van der Waals surface area contributed by atoms with Crippen molar-refractivity contribution in [3.8, 4) is 0 Å². The third-order valence-corrected chi connectivity index (χ3v) is 4.81. The molecule has 2 fully saturated rings. The van der Waals surface area contributed by atoms with Gasteiger partial charge >= 0.3 is 0 Å². The van der Waals surface area contributed by atoms with E-state index in [0.717, 1.165) is 31.6 Å². The molecule has 3 heterocycles. The number of hydrogen-bond acceptors (Lipinski definition) is 4. The summed E-state index contributed by atoms with van der Waals surface area (Å²) in [5.41, 5.74) is 0.599. The number of rotatable bonds is 2. The van der Waals surface area contributed by atoms with Gasteiger partial charge in [-0.2, -0.15) is 0 Å². The van der Waals surface area contributed by atoms with E-state index in [1.807, 2.05) is 19.2 Å². The lowest BCUT2D eigenvalue weighted by atomic mass is 9.79. The molecular formula is C16H24N2O2. The summed E-state index contributed by atoms with van der Waals surface area (Å²) in [5, 5.41) is 10.7. The fourth-order valence-corrected chi connectivity index (χ4v) is 3.55. The lowest BCUT2D eigenvalue weighted by Gasteiger charge is -2.43. The number of aliphatic hydroxyl groups is 1. The molecule has 0 spiro atoms. The lowest BCUT2D eigenvalue weighted by molar-refractivity contribution is -0.108. The molecule has 1 N–H and O–H groups in total. The molecule has 4 nitrogen and oxygen atoms in total. The smallest absolute Gasteiger partial charge is 0.128 e. The van der Waals surface area contributed by atoms with Gasteiger partial charge in [0.1, 0.15) is 5.82 Å². The van der Waals surface area contributed by atoms with Gasteiger partial charge in [0, 0.05) is 31.3 Å². The summed E-state index contributed by atoms with van der Waals surface area (Å²) in [7, 11) is 0. The summed E-state index contributed by atoms with van der Waals surface area (Å²) >= 11 is 0. The largest absolute Gasteiger partial charge is 0.390 e. The Labute approximate surface area is 120 Å². The second kappa shape index (κ2) is 5.34. The van der Waals surface area contributed by atoms with Gasteiger partial charge in [-0.3, -0.25) is 0 Å². The highest BCUT2D eigenvalue weighted by atomic mass is 16.5. The molecule has 0 aliphatic carbocycles. The molecule has 110 valence electrons. The van der Waals surface area contributed by atoms with Crippen LogP contribution in [0.25, 0.3) is 0 Å². The van der Waals surface area contributed by atoms with E-state index in [9.17, 15) is 5.11 Å². The van der Waals surface area contributed by atoms with Gasteiger partial charge in [0.2, 0.25) is 0 Å². The van der Waals surface area contributed by atoms with Crippen LogP contribution < -0.4 is 4.90 Å². The minimum absolute atomic E-state index is 0.168. The third-order valence-electron chi connectivity index (χ3n) is 4.81. The molecule has 20 heavy (non-hydrogen) atoms. The van der Waals surface area contributed by atoms with Crippen LogP contribution in [0.3, 0.4) is 0 Å². The first-order valence-corrected chi connectivity index (χ1v) is 7.57. The number of aromatic nitrogens is 1. The van der Waals surface area contributed by atoms with Gasteiger partial charge in [-0.05, 0) is 50.8 Å². The zero-order valence-electron chi connectivity index (χ0n) is 12.4. The van der Waals surface area contributed by atoms with E-state index in [0.29, 0.717) is 19.3 Å². The highest BCUT2D eigenvalue weighted by molar-refractivity contribution is 5.43. The van der Waals surface area contributed by atoms with Crippen molar-refractivity contribution in [2.45, 2.75) is 44.8 Å². The van der Waals surface area contributed by atoms with Crippen molar-refractivity contribution in [3.05, 3.63) is 23.9 Å². The van der Waals surface area contributed by atoms with E-state index < -0.39 is 5.60 Å². The van der Waals surface area contributed by atoms with Crippen LogP contribution in [0.2, 0.25) is 0 Å². The van der Waals surface area contributed by atoms with Crippen molar-refractivity contribution in [3.63, 3.8) is 0 Å². The van der Waals surface area contributed by atoms with Crippen molar-refractivity contribution in [2.75, 3.05) is 24.7 Å². The molecule has 1 aromatic heterocycles. The van der Waals surface area contributed by atoms with Crippen LogP contribution >= 0.6 is 0 Å². The van der Waals surface area contributed by atoms with Crippen molar-refractivity contribution in [2.24, 2.45) is 5.92 Å². The number of ether oxygens (including phenoxy) is 1. The van der Waals surface area contributed by atoms with Gasteiger partial charge in [-0.25, -0.2) is 4.98 Å². The quantitative estimate of drug-likeness (QED) is 0.899. The van der Waals surface area contributed by atoms with Crippen LogP contribution in [0.15, 0.2) is 18.3 Å². The van der Waals surface area contributed by atoms with Crippen molar-refractivity contribution in [1.82, 2.24) is 4.98 Å². The molecule has 0 radical (unpaired) electrons. The molecule has 0 amide bonds. The SMILES string of the molecule is Cc1ccnc(N2CCC[C@@H]2[C@@H]2COCC[C@]2(C)O)c1. The van der Waals surface area contributed by atoms with Crippen LogP contribution in [0.5, 0.6) is 0 Å². The topological polar surface area (TPSA) is 45.6 Å². The van der Waals surface area contributed by atoms with Gasteiger partial charge < -0.3 is 14.7 Å². The van der Waals surface area contributed by atoms with E-state index in [1.165, 1.54) is 5.56 Å². The van der Waals surface area contributed by atoms with E-state index in [4.69, 9.17) is 4.74 Å². The van der Waals surface area contributed by atoms with Gasteiger partial charge in [0.15, 0.2) is 0 Å². The number of anilines is 1. The molecule has 0 aromatic carbocycles. The molecule has 1 aromatic rings. The Balaban J connectivity index is 1.85. The highest BCUT2D eigenvalue weighted by Gasteiger charge is 2.44. The molecule has 0 saturated carbocycles. The summed E-state index contributed by atoms with van der Waals surface area (Å²) in [6.45, 7) is 6.39. The second-order valence-electron chi connectivity index (χ2n) is 6.38. The molecular weight excluding hydrogens is 252 g/mol. The minimum atomic E-state index is -0.630. The maximum absolute atomic E-state index is 10.7. The van der Waals surface area contributed by atoms with Crippen LogP contribution in [0.4, 0.5) is 5.82 Å². The predicted molar refractivity (Wildman–Crippen MR) is 78.9 cm³/mol. The Bertz CT molecular complexity index is 475. The average molecular weight is 276 g/mol. The lowest BCUT2D eigenvalue weighted by Crippen LogP contribution is -2.52. The van der Waals surface area contributed by atoms with Crippen LogP contribution in [0.1, 0.15) is 31.7 Å².